The first kappa shape index (κ1) is 13.2. The number of anilines is 1. The van der Waals surface area contributed by atoms with Gasteiger partial charge in [0.25, 0.3) is 0 Å². The summed E-state index contributed by atoms with van der Waals surface area (Å²) in [6.07, 6.45) is 0. The van der Waals surface area contributed by atoms with Gasteiger partial charge in [0.15, 0.2) is 5.17 Å². The Bertz CT molecular complexity index is 547. The molecule has 2 aromatic rings. The fourth-order valence-corrected chi connectivity index (χ4v) is 1.71. The maximum absolute atomic E-state index is 6.06. The monoisotopic (exact) mass is 298 g/mol. The second-order valence-electron chi connectivity index (χ2n) is 3.53. The molecule has 2 rings (SSSR count). The molecule has 0 spiro atoms. The molecule has 92 valence electrons. The van der Waals surface area contributed by atoms with Crippen LogP contribution in [0.25, 0.3) is 0 Å². The van der Waals surface area contributed by atoms with Crippen molar-refractivity contribution in [3.63, 3.8) is 0 Å². The Morgan fingerprint density at radius 1 is 0.833 bits per heavy atom. The fourth-order valence-electron chi connectivity index (χ4n) is 1.29. The summed E-state index contributed by atoms with van der Waals surface area (Å²) in [7, 11) is 0. The normalized spacial score (nSPS) is 11.4. The zero-order valence-corrected chi connectivity index (χ0v) is 11.5. The predicted octanol–water partition coefficient (Wildman–Crippen LogP) is 5.01. The summed E-state index contributed by atoms with van der Waals surface area (Å²) in [6.45, 7) is 0. The predicted molar refractivity (Wildman–Crippen MR) is 78.9 cm³/mol. The minimum Gasteiger partial charge on any atom is -0.277 e. The van der Waals surface area contributed by atoms with Crippen LogP contribution in [0.1, 0.15) is 5.56 Å². The molecule has 2 aromatic carbocycles. The Kier molecular flexibility index (Phi) is 4.48. The van der Waals surface area contributed by atoms with Crippen LogP contribution in [0.3, 0.4) is 0 Å². The molecule has 2 nitrogen and oxygen atoms in total. The first-order valence-corrected chi connectivity index (χ1v) is 6.29. The molecule has 0 heterocycles. The summed E-state index contributed by atoms with van der Waals surface area (Å²) in [5.41, 5.74) is 4.45. The van der Waals surface area contributed by atoms with E-state index in [0.29, 0.717) is 15.2 Å². The van der Waals surface area contributed by atoms with Crippen molar-refractivity contribution in [1.82, 2.24) is 0 Å². The number of nitrogens with one attached hydrogen (secondary N) is 1. The lowest BCUT2D eigenvalue weighted by Gasteiger charge is -2.02. The number of hydrogen-bond donors (Lipinski definition) is 1. The van der Waals surface area contributed by atoms with Crippen LogP contribution in [0.15, 0.2) is 53.6 Å². The molecule has 0 unspecified atom stereocenters. The van der Waals surface area contributed by atoms with E-state index in [1.54, 1.807) is 36.4 Å². The first-order chi connectivity index (χ1) is 8.65. The Morgan fingerprint density at radius 3 is 1.89 bits per heavy atom. The molecule has 0 atom stereocenters. The van der Waals surface area contributed by atoms with Crippen molar-refractivity contribution in [3.05, 3.63) is 64.1 Å². The van der Waals surface area contributed by atoms with Crippen LogP contribution in [0.4, 0.5) is 5.69 Å². The number of rotatable bonds is 3. The summed E-state index contributed by atoms with van der Waals surface area (Å²) >= 11 is 17.6. The van der Waals surface area contributed by atoms with Crippen molar-refractivity contribution >= 4 is 45.7 Å². The van der Waals surface area contributed by atoms with E-state index in [-0.39, 0.29) is 0 Å². The molecule has 0 saturated carbocycles. The zero-order valence-electron chi connectivity index (χ0n) is 9.20. The van der Waals surface area contributed by atoms with Gasteiger partial charge in [-0.05, 0) is 36.4 Å². The van der Waals surface area contributed by atoms with Crippen molar-refractivity contribution in [3.8, 4) is 0 Å². The van der Waals surface area contributed by atoms with Gasteiger partial charge in [0.05, 0.1) is 5.69 Å². The van der Waals surface area contributed by atoms with Gasteiger partial charge in [0.2, 0.25) is 0 Å². The van der Waals surface area contributed by atoms with Gasteiger partial charge in [0.1, 0.15) is 0 Å². The Labute approximate surface area is 120 Å². The quantitative estimate of drug-likeness (QED) is 0.625. The van der Waals surface area contributed by atoms with Crippen molar-refractivity contribution in [1.29, 1.82) is 0 Å². The van der Waals surface area contributed by atoms with Crippen LogP contribution in [-0.4, -0.2) is 5.17 Å². The van der Waals surface area contributed by atoms with Gasteiger partial charge in [-0.15, -0.1) is 0 Å². The van der Waals surface area contributed by atoms with Crippen molar-refractivity contribution < 1.29 is 0 Å². The Balaban J connectivity index is 2.09. The molecule has 0 aliphatic rings. The Morgan fingerprint density at radius 2 is 1.33 bits per heavy atom. The highest BCUT2D eigenvalue weighted by atomic mass is 35.5. The summed E-state index contributed by atoms with van der Waals surface area (Å²) in [6, 6.07) is 14.3. The third-order valence-electron chi connectivity index (χ3n) is 2.21. The van der Waals surface area contributed by atoms with E-state index in [0.717, 1.165) is 11.3 Å². The molecule has 0 aliphatic carbocycles. The molecule has 18 heavy (non-hydrogen) atoms. The summed E-state index contributed by atoms with van der Waals surface area (Å²) in [5.74, 6) is 0. The number of halogens is 3. The van der Waals surface area contributed by atoms with Crippen LogP contribution in [0, 0.1) is 0 Å². The molecular formula is C13H9Cl3N2. The molecule has 1 N–H and O–H groups in total. The third kappa shape index (κ3) is 3.64. The van der Waals surface area contributed by atoms with Crippen LogP contribution in [-0.2, 0) is 0 Å². The SMILES string of the molecule is Cl/C(=N\Nc1ccc(Cl)cc1)c1ccc(Cl)cc1. The van der Waals surface area contributed by atoms with E-state index in [1.165, 1.54) is 0 Å². The maximum atomic E-state index is 6.06. The molecule has 0 aromatic heterocycles. The summed E-state index contributed by atoms with van der Waals surface area (Å²) in [5, 5.41) is 5.77. The van der Waals surface area contributed by atoms with Crippen molar-refractivity contribution in [2.24, 2.45) is 5.10 Å². The minimum atomic E-state index is 0.363. The van der Waals surface area contributed by atoms with Gasteiger partial charge >= 0.3 is 0 Å². The average Bonchev–Trinajstić information content (AvgIpc) is 2.38. The van der Waals surface area contributed by atoms with E-state index in [9.17, 15) is 0 Å². The number of benzene rings is 2. The van der Waals surface area contributed by atoms with Gasteiger partial charge in [0, 0.05) is 15.6 Å². The van der Waals surface area contributed by atoms with Gasteiger partial charge in [-0.25, -0.2) is 0 Å². The lowest BCUT2D eigenvalue weighted by atomic mass is 10.2. The molecule has 0 bridgehead atoms. The zero-order chi connectivity index (χ0) is 13.0. The summed E-state index contributed by atoms with van der Waals surface area (Å²) < 4.78 is 0. The van der Waals surface area contributed by atoms with Crippen LogP contribution >= 0.6 is 34.8 Å². The van der Waals surface area contributed by atoms with E-state index < -0.39 is 0 Å². The lowest BCUT2D eigenvalue weighted by Crippen LogP contribution is -1.96. The fraction of sp³-hybridized carbons (Fsp3) is 0. The van der Waals surface area contributed by atoms with E-state index in [4.69, 9.17) is 34.8 Å². The van der Waals surface area contributed by atoms with Crippen molar-refractivity contribution in [2.45, 2.75) is 0 Å². The van der Waals surface area contributed by atoms with E-state index >= 15 is 0 Å². The van der Waals surface area contributed by atoms with Gasteiger partial charge in [-0.2, -0.15) is 5.10 Å². The highest BCUT2D eigenvalue weighted by molar-refractivity contribution is 6.69. The van der Waals surface area contributed by atoms with E-state index in [2.05, 4.69) is 10.5 Å². The smallest absolute Gasteiger partial charge is 0.156 e. The maximum Gasteiger partial charge on any atom is 0.156 e. The second kappa shape index (κ2) is 6.10. The Hall–Kier alpha value is -1.22. The molecule has 0 fully saturated rings. The molecule has 0 saturated heterocycles. The number of nitrogens with zero attached hydrogens (tertiary/aromatic N) is 1. The van der Waals surface area contributed by atoms with Gasteiger partial charge in [-0.3, -0.25) is 5.43 Å². The molecule has 0 amide bonds. The van der Waals surface area contributed by atoms with E-state index in [1.807, 2.05) is 12.1 Å². The van der Waals surface area contributed by atoms with Crippen LogP contribution in [0.2, 0.25) is 10.0 Å². The molecule has 5 heteroatoms. The first-order valence-electron chi connectivity index (χ1n) is 5.16. The molecule has 0 aliphatic heterocycles. The highest BCUT2D eigenvalue weighted by Gasteiger charge is 1.99. The van der Waals surface area contributed by atoms with Crippen molar-refractivity contribution in [2.75, 3.05) is 5.43 Å². The molecular weight excluding hydrogens is 291 g/mol. The van der Waals surface area contributed by atoms with Crippen LogP contribution in [0.5, 0.6) is 0 Å². The lowest BCUT2D eigenvalue weighted by molar-refractivity contribution is 1.34. The van der Waals surface area contributed by atoms with Gasteiger partial charge < -0.3 is 0 Å². The number of hydrogen-bond acceptors (Lipinski definition) is 2. The standard InChI is InChI=1S/C13H9Cl3N2/c14-10-3-1-9(2-4-10)13(16)18-17-12-7-5-11(15)6-8-12/h1-8,17H/b18-13-. The number of hydrazone groups is 1. The molecule has 0 radical (unpaired) electrons. The average molecular weight is 300 g/mol. The minimum absolute atomic E-state index is 0.363. The van der Waals surface area contributed by atoms with Crippen LogP contribution < -0.4 is 5.43 Å². The summed E-state index contributed by atoms with van der Waals surface area (Å²) in [4.78, 5) is 0. The van der Waals surface area contributed by atoms with Gasteiger partial charge in [-0.1, -0.05) is 46.9 Å². The topological polar surface area (TPSA) is 24.4 Å². The highest BCUT2D eigenvalue weighted by Crippen LogP contribution is 2.15. The second-order valence-corrected chi connectivity index (χ2v) is 4.76. The third-order valence-corrected chi connectivity index (χ3v) is 3.02. The largest absolute Gasteiger partial charge is 0.277 e.